The van der Waals surface area contributed by atoms with Crippen molar-refractivity contribution < 1.29 is 14.3 Å². The number of nitrogens with one attached hydrogen (secondary N) is 1. The molecule has 0 aliphatic rings. The van der Waals surface area contributed by atoms with Gasteiger partial charge in [-0.05, 0) is 29.2 Å². The molecule has 0 aliphatic heterocycles. The van der Waals surface area contributed by atoms with E-state index in [0.29, 0.717) is 16.1 Å². The van der Waals surface area contributed by atoms with Crippen LogP contribution in [-0.4, -0.2) is 20.6 Å². The minimum absolute atomic E-state index is 0.154. The molecule has 0 radical (unpaired) electrons. The van der Waals surface area contributed by atoms with Gasteiger partial charge in [0, 0.05) is 10.9 Å². The lowest BCUT2D eigenvalue weighted by Crippen LogP contribution is -2.35. The summed E-state index contributed by atoms with van der Waals surface area (Å²) in [6, 6.07) is 10.7. The minimum atomic E-state index is -1.21. The fourth-order valence-corrected chi connectivity index (χ4v) is 4.14. The Balaban J connectivity index is 1.81. The summed E-state index contributed by atoms with van der Waals surface area (Å²) in [7, 11) is 0. The molecule has 8 heteroatoms. The summed E-state index contributed by atoms with van der Waals surface area (Å²) in [5.41, 5.74) is 1.83. The smallest absolute Gasteiger partial charge is 0.371 e. The number of thiophene rings is 1. The largest absolute Gasteiger partial charge is 0.475 e. The van der Waals surface area contributed by atoms with Crippen molar-refractivity contribution in [2.75, 3.05) is 0 Å². The van der Waals surface area contributed by atoms with Crippen molar-refractivity contribution in [3.8, 4) is 11.1 Å². The number of hydrogen-bond donors (Lipinski definition) is 2. The van der Waals surface area contributed by atoms with E-state index in [9.17, 15) is 14.4 Å². The Labute approximate surface area is 168 Å². The van der Waals surface area contributed by atoms with Gasteiger partial charge < -0.3 is 9.52 Å². The molecule has 4 aromatic rings. The van der Waals surface area contributed by atoms with Crippen LogP contribution in [0.5, 0.6) is 0 Å². The van der Waals surface area contributed by atoms with E-state index < -0.39 is 17.2 Å². The molecule has 0 aliphatic carbocycles. The average Bonchev–Trinajstić information content (AvgIpc) is 3.32. The Bertz CT molecular complexity index is 1320. The predicted molar refractivity (Wildman–Crippen MR) is 111 cm³/mol. The molecular weight excluding hydrogens is 392 g/mol. The first-order chi connectivity index (χ1) is 13.8. The normalized spacial score (nSPS) is 11.4. The van der Waals surface area contributed by atoms with Crippen LogP contribution in [0.25, 0.3) is 21.3 Å². The first-order valence-corrected chi connectivity index (χ1v) is 9.89. The minimum Gasteiger partial charge on any atom is -0.475 e. The molecule has 3 heterocycles. The topological polar surface area (TPSA) is 105 Å². The number of H-pyrrole nitrogens is 1. The fourth-order valence-electron chi connectivity index (χ4n) is 3.19. The molecular formula is C21H18N2O5S. The van der Waals surface area contributed by atoms with Crippen molar-refractivity contribution in [3.63, 3.8) is 0 Å². The lowest BCUT2D eigenvalue weighted by Gasteiger charge is -2.07. The van der Waals surface area contributed by atoms with Crippen LogP contribution in [-0.2, 0) is 6.54 Å². The number of carbonyl (C=O) groups is 1. The second-order valence-corrected chi connectivity index (χ2v) is 7.90. The standard InChI is InChI=1S/C21H18N2O5S/c1-11(2)12-3-5-13(6-4-12)15-10-29-18-17(15)19(24)23(21(27)22-18)9-14-7-8-16(28-14)20(25)26/h3-8,10-11H,9H2,1-2H3,(H,22,27)(H,25,26). The highest BCUT2D eigenvalue weighted by Gasteiger charge is 2.17. The maximum absolute atomic E-state index is 13.1. The Hall–Kier alpha value is -3.39. The van der Waals surface area contributed by atoms with Crippen LogP contribution >= 0.6 is 11.3 Å². The van der Waals surface area contributed by atoms with Crippen LogP contribution in [0.15, 0.2) is 55.8 Å². The van der Waals surface area contributed by atoms with Crippen molar-refractivity contribution in [2.45, 2.75) is 26.3 Å². The number of furan rings is 1. The maximum atomic E-state index is 13.1. The van der Waals surface area contributed by atoms with Crippen molar-refractivity contribution in [1.29, 1.82) is 0 Å². The van der Waals surface area contributed by atoms with E-state index in [1.165, 1.54) is 29.0 Å². The monoisotopic (exact) mass is 410 g/mol. The summed E-state index contributed by atoms with van der Waals surface area (Å²) in [4.78, 5) is 39.8. The van der Waals surface area contributed by atoms with Gasteiger partial charge in [0.15, 0.2) is 0 Å². The van der Waals surface area contributed by atoms with E-state index in [1.54, 1.807) is 0 Å². The first-order valence-electron chi connectivity index (χ1n) is 9.02. The molecule has 29 heavy (non-hydrogen) atoms. The lowest BCUT2D eigenvalue weighted by molar-refractivity contribution is 0.0660. The van der Waals surface area contributed by atoms with Crippen LogP contribution < -0.4 is 11.2 Å². The number of fused-ring (bicyclic) bond motifs is 1. The third-order valence-corrected chi connectivity index (χ3v) is 5.69. The van der Waals surface area contributed by atoms with Crippen molar-refractivity contribution in [1.82, 2.24) is 9.55 Å². The molecule has 3 aromatic heterocycles. The second-order valence-electron chi connectivity index (χ2n) is 7.02. The number of carboxylic acid groups (broad SMARTS) is 1. The van der Waals surface area contributed by atoms with Gasteiger partial charge in [-0.25, -0.2) is 9.59 Å². The SMILES string of the molecule is CC(C)c1ccc(-c2csc3[nH]c(=O)n(Cc4ccc(C(=O)O)o4)c(=O)c23)cc1. The number of benzene rings is 1. The van der Waals surface area contributed by atoms with E-state index in [1.807, 2.05) is 29.6 Å². The summed E-state index contributed by atoms with van der Waals surface area (Å²) in [6.07, 6.45) is 0. The van der Waals surface area contributed by atoms with Crippen molar-refractivity contribution in [2.24, 2.45) is 0 Å². The summed E-state index contributed by atoms with van der Waals surface area (Å²) < 4.78 is 6.21. The number of rotatable bonds is 5. The van der Waals surface area contributed by atoms with Crippen LogP contribution in [0.3, 0.4) is 0 Å². The summed E-state index contributed by atoms with van der Waals surface area (Å²) in [5, 5.41) is 11.3. The van der Waals surface area contributed by atoms with Crippen molar-refractivity contribution in [3.05, 3.63) is 79.7 Å². The van der Waals surface area contributed by atoms with Gasteiger partial charge in [0.1, 0.15) is 10.6 Å². The van der Waals surface area contributed by atoms with Crippen LogP contribution in [0, 0.1) is 0 Å². The van der Waals surface area contributed by atoms with Gasteiger partial charge in [0.05, 0.1) is 11.9 Å². The quantitative estimate of drug-likeness (QED) is 0.519. The molecule has 0 saturated heterocycles. The average molecular weight is 410 g/mol. The zero-order valence-electron chi connectivity index (χ0n) is 15.8. The number of aromatic nitrogens is 2. The summed E-state index contributed by atoms with van der Waals surface area (Å²) in [5.74, 6) is -0.835. The number of aromatic carboxylic acids is 1. The molecule has 0 amide bonds. The first kappa shape index (κ1) is 18.9. The van der Waals surface area contributed by atoms with Gasteiger partial charge >= 0.3 is 11.7 Å². The molecule has 0 fully saturated rings. The Morgan fingerprint density at radius 3 is 2.52 bits per heavy atom. The fraction of sp³-hybridized carbons (Fsp3) is 0.190. The number of carboxylic acids is 1. The Morgan fingerprint density at radius 1 is 1.17 bits per heavy atom. The zero-order valence-corrected chi connectivity index (χ0v) is 16.6. The Kier molecular flexibility index (Phi) is 4.71. The Morgan fingerprint density at radius 2 is 1.90 bits per heavy atom. The zero-order chi connectivity index (χ0) is 20.7. The van der Waals surface area contributed by atoms with E-state index in [-0.39, 0.29) is 18.1 Å². The molecule has 0 saturated carbocycles. The molecule has 1 aromatic carbocycles. The highest BCUT2D eigenvalue weighted by molar-refractivity contribution is 7.17. The summed E-state index contributed by atoms with van der Waals surface area (Å²) >= 11 is 1.30. The number of aromatic amines is 1. The maximum Gasteiger partial charge on any atom is 0.371 e. The predicted octanol–water partition coefficient (Wildman–Crippen LogP) is 3.88. The van der Waals surface area contributed by atoms with E-state index >= 15 is 0 Å². The molecule has 0 bridgehead atoms. The molecule has 2 N–H and O–H groups in total. The van der Waals surface area contributed by atoms with E-state index in [2.05, 4.69) is 18.8 Å². The second kappa shape index (κ2) is 7.21. The molecule has 4 rings (SSSR count). The number of hydrogen-bond acceptors (Lipinski definition) is 5. The van der Waals surface area contributed by atoms with Gasteiger partial charge in [-0.1, -0.05) is 38.1 Å². The van der Waals surface area contributed by atoms with Gasteiger partial charge in [0.25, 0.3) is 5.56 Å². The lowest BCUT2D eigenvalue weighted by atomic mass is 9.99. The van der Waals surface area contributed by atoms with Crippen LogP contribution in [0.2, 0.25) is 0 Å². The number of nitrogens with zero attached hydrogens (tertiary/aromatic N) is 1. The summed E-state index contributed by atoms with van der Waals surface area (Å²) in [6.45, 7) is 4.07. The molecule has 148 valence electrons. The molecule has 7 nitrogen and oxygen atoms in total. The third kappa shape index (κ3) is 3.42. The van der Waals surface area contributed by atoms with Crippen LogP contribution in [0.1, 0.15) is 41.6 Å². The van der Waals surface area contributed by atoms with Gasteiger partial charge in [-0.15, -0.1) is 11.3 Å². The molecule has 0 unspecified atom stereocenters. The van der Waals surface area contributed by atoms with Crippen molar-refractivity contribution >= 4 is 27.5 Å². The molecule has 0 spiro atoms. The van der Waals surface area contributed by atoms with Gasteiger partial charge in [0.2, 0.25) is 5.76 Å². The van der Waals surface area contributed by atoms with Gasteiger partial charge in [-0.2, -0.15) is 0 Å². The molecule has 0 atom stereocenters. The van der Waals surface area contributed by atoms with E-state index in [4.69, 9.17) is 9.52 Å². The third-order valence-electron chi connectivity index (χ3n) is 4.79. The van der Waals surface area contributed by atoms with E-state index in [0.717, 1.165) is 15.7 Å². The highest BCUT2D eigenvalue weighted by atomic mass is 32.1. The van der Waals surface area contributed by atoms with Crippen LogP contribution in [0.4, 0.5) is 0 Å². The van der Waals surface area contributed by atoms with Gasteiger partial charge in [-0.3, -0.25) is 14.3 Å². The highest BCUT2D eigenvalue weighted by Crippen LogP contribution is 2.31.